The van der Waals surface area contributed by atoms with Crippen molar-refractivity contribution in [2.24, 2.45) is 7.05 Å². The third-order valence-electron chi connectivity index (χ3n) is 3.15. The molecule has 1 unspecified atom stereocenters. The van der Waals surface area contributed by atoms with Crippen LogP contribution in [0.1, 0.15) is 25.1 Å². The first kappa shape index (κ1) is 16.9. The Labute approximate surface area is 143 Å². The fourth-order valence-corrected chi connectivity index (χ4v) is 4.03. The topological polar surface area (TPSA) is 29.9 Å². The Morgan fingerprint density at radius 3 is 2.81 bits per heavy atom. The van der Waals surface area contributed by atoms with Crippen LogP contribution in [0.2, 0.25) is 5.02 Å². The Hall–Kier alpha value is -0.490. The van der Waals surface area contributed by atoms with Crippen LogP contribution < -0.4 is 5.32 Å². The lowest BCUT2D eigenvalue weighted by atomic mass is 10.2. The number of aryl methyl sites for hydroxylation is 1. The summed E-state index contributed by atoms with van der Waals surface area (Å²) in [4.78, 5) is 1.11. The molecule has 0 saturated heterocycles. The molecule has 1 heterocycles. The van der Waals surface area contributed by atoms with Gasteiger partial charge in [-0.25, -0.2) is 0 Å². The molecule has 21 heavy (non-hydrogen) atoms. The van der Waals surface area contributed by atoms with Gasteiger partial charge in [0.25, 0.3) is 0 Å². The maximum atomic E-state index is 6.23. The smallest absolute Gasteiger partial charge is 0.0700 e. The van der Waals surface area contributed by atoms with E-state index in [9.17, 15) is 0 Å². The summed E-state index contributed by atoms with van der Waals surface area (Å²) in [6.45, 7) is 3.15. The number of halogens is 2. The predicted octanol–water partition coefficient (Wildman–Crippen LogP) is 4.67. The highest BCUT2D eigenvalue weighted by molar-refractivity contribution is 9.10. The molecule has 3 nitrogen and oxygen atoms in total. The molecule has 0 aliphatic carbocycles. The van der Waals surface area contributed by atoms with Gasteiger partial charge in [-0.15, -0.1) is 11.8 Å². The minimum absolute atomic E-state index is 0.230. The van der Waals surface area contributed by atoms with Crippen molar-refractivity contribution in [1.82, 2.24) is 15.1 Å². The predicted molar refractivity (Wildman–Crippen MR) is 94.1 cm³/mol. The Morgan fingerprint density at radius 1 is 1.43 bits per heavy atom. The van der Waals surface area contributed by atoms with Gasteiger partial charge in [0.15, 0.2) is 0 Å². The summed E-state index contributed by atoms with van der Waals surface area (Å²) in [5, 5.41) is 8.71. The van der Waals surface area contributed by atoms with Crippen LogP contribution in [0.4, 0.5) is 0 Å². The van der Waals surface area contributed by atoms with Crippen LogP contribution in [0.15, 0.2) is 39.8 Å². The summed E-state index contributed by atoms with van der Waals surface area (Å²) in [5.41, 5.74) is 1.17. The summed E-state index contributed by atoms with van der Waals surface area (Å²) < 4.78 is 2.96. The zero-order valence-electron chi connectivity index (χ0n) is 12.1. The van der Waals surface area contributed by atoms with Gasteiger partial charge in [-0.05, 0) is 41.0 Å². The van der Waals surface area contributed by atoms with Crippen LogP contribution >= 0.6 is 39.3 Å². The molecular formula is C15H19BrClN3S. The Kier molecular flexibility index (Phi) is 6.61. The summed E-state index contributed by atoms with van der Waals surface area (Å²) >= 11 is 11.6. The van der Waals surface area contributed by atoms with Crippen molar-refractivity contribution in [2.45, 2.75) is 24.3 Å². The number of thioether (sulfide) groups is 1. The van der Waals surface area contributed by atoms with E-state index >= 15 is 0 Å². The highest BCUT2D eigenvalue weighted by Gasteiger charge is 2.19. The quantitative estimate of drug-likeness (QED) is 0.699. The minimum Gasteiger partial charge on any atom is -0.308 e. The van der Waals surface area contributed by atoms with E-state index in [-0.39, 0.29) is 6.04 Å². The minimum atomic E-state index is 0.230. The average molecular weight is 389 g/mol. The molecule has 114 valence electrons. The van der Waals surface area contributed by atoms with Crippen molar-refractivity contribution in [2.75, 3.05) is 12.3 Å². The molecule has 0 aliphatic rings. The van der Waals surface area contributed by atoms with E-state index in [4.69, 9.17) is 11.6 Å². The van der Waals surface area contributed by atoms with Gasteiger partial charge in [0, 0.05) is 17.7 Å². The van der Waals surface area contributed by atoms with Gasteiger partial charge in [0.1, 0.15) is 0 Å². The summed E-state index contributed by atoms with van der Waals surface area (Å²) in [7, 11) is 1.97. The number of hydrogen-bond donors (Lipinski definition) is 1. The average Bonchev–Trinajstić information content (AvgIpc) is 2.81. The maximum absolute atomic E-state index is 6.23. The highest BCUT2D eigenvalue weighted by atomic mass is 79.9. The second kappa shape index (κ2) is 8.22. The van der Waals surface area contributed by atoms with E-state index in [1.165, 1.54) is 5.69 Å². The number of nitrogens with zero attached hydrogens (tertiary/aromatic N) is 2. The first-order valence-electron chi connectivity index (χ1n) is 6.91. The highest BCUT2D eigenvalue weighted by Crippen LogP contribution is 2.32. The molecule has 1 N–H and O–H groups in total. The van der Waals surface area contributed by atoms with Gasteiger partial charge < -0.3 is 5.32 Å². The van der Waals surface area contributed by atoms with Gasteiger partial charge in [0.05, 0.1) is 27.4 Å². The van der Waals surface area contributed by atoms with Crippen LogP contribution in [-0.4, -0.2) is 22.1 Å². The molecule has 1 aromatic heterocycles. The third-order valence-corrected chi connectivity index (χ3v) is 5.37. The molecule has 0 aliphatic heterocycles. The van der Waals surface area contributed by atoms with E-state index in [0.29, 0.717) is 0 Å². The van der Waals surface area contributed by atoms with E-state index in [0.717, 1.165) is 33.1 Å². The number of nitrogens with one attached hydrogen (secondary N) is 1. The van der Waals surface area contributed by atoms with Crippen molar-refractivity contribution in [3.05, 3.63) is 45.7 Å². The molecule has 2 aromatic rings. The number of aromatic nitrogens is 2. The fourth-order valence-electron chi connectivity index (χ4n) is 2.10. The van der Waals surface area contributed by atoms with Crippen molar-refractivity contribution in [1.29, 1.82) is 0 Å². The Balaban J connectivity index is 2.12. The lowest BCUT2D eigenvalue weighted by Gasteiger charge is -2.19. The van der Waals surface area contributed by atoms with Crippen molar-refractivity contribution < 1.29 is 0 Å². The lowest BCUT2D eigenvalue weighted by molar-refractivity contribution is 0.533. The van der Waals surface area contributed by atoms with E-state index in [1.807, 2.05) is 36.1 Å². The van der Waals surface area contributed by atoms with E-state index < -0.39 is 0 Å². The lowest BCUT2D eigenvalue weighted by Crippen LogP contribution is -2.26. The largest absolute Gasteiger partial charge is 0.308 e. The Bertz CT molecular complexity index is 569. The summed E-state index contributed by atoms with van der Waals surface area (Å²) in [6, 6.07) is 8.19. The van der Waals surface area contributed by atoms with Crippen molar-refractivity contribution in [3.8, 4) is 0 Å². The molecule has 0 amide bonds. The van der Waals surface area contributed by atoms with E-state index in [1.54, 1.807) is 11.8 Å². The van der Waals surface area contributed by atoms with Gasteiger partial charge in [-0.2, -0.15) is 5.10 Å². The van der Waals surface area contributed by atoms with Crippen LogP contribution in [-0.2, 0) is 7.05 Å². The molecular weight excluding hydrogens is 370 g/mol. The van der Waals surface area contributed by atoms with Crippen molar-refractivity contribution in [3.63, 3.8) is 0 Å². The second-order valence-electron chi connectivity index (χ2n) is 4.75. The molecule has 0 fully saturated rings. The molecule has 0 bridgehead atoms. The van der Waals surface area contributed by atoms with Crippen LogP contribution in [0.3, 0.4) is 0 Å². The standard InChI is InChI=1S/C15H19BrClN3S/c1-3-8-18-13(15-11(16)9-19-20(15)2)10-21-14-7-5-4-6-12(14)17/h4-7,9,13,18H,3,8,10H2,1-2H3. The molecule has 0 spiro atoms. The number of rotatable bonds is 7. The first-order chi connectivity index (χ1) is 10.1. The van der Waals surface area contributed by atoms with Crippen LogP contribution in [0.5, 0.6) is 0 Å². The van der Waals surface area contributed by atoms with Crippen LogP contribution in [0.25, 0.3) is 0 Å². The molecule has 0 saturated carbocycles. The van der Waals surface area contributed by atoms with Gasteiger partial charge >= 0.3 is 0 Å². The third kappa shape index (κ3) is 4.49. The van der Waals surface area contributed by atoms with E-state index in [2.05, 4.69) is 39.3 Å². The summed E-state index contributed by atoms with van der Waals surface area (Å²) in [6.07, 6.45) is 2.94. The molecule has 2 rings (SSSR count). The molecule has 1 atom stereocenters. The number of benzene rings is 1. The van der Waals surface area contributed by atoms with Gasteiger partial charge in [-0.1, -0.05) is 30.7 Å². The second-order valence-corrected chi connectivity index (χ2v) is 7.07. The first-order valence-corrected chi connectivity index (χ1v) is 9.07. The number of hydrogen-bond acceptors (Lipinski definition) is 3. The molecule has 1 aromatic carbocycles. The van der Waals surface area contributed by atoms with Crippen LogP contribution in [0, 0.1) is 0 Å². The maximum Gasteiger partial charge on any atom is 0.0700 e. The Morgan fingerprint density at radius 2 is 2.19 bits per heavy atom. The van der Waals surface area contributed by atoms with Gasteiger partial charge in [0.2, 0.25) is 0 Å². The normalized spacial score (nSPS) is 12.6. The zero-order valence-corrected chi connectivity index (χ0v) is 15.3. The fraction of sp³-hybridized carbons (Fsp3) is 0.400. The molecule has 6 heteroatoms. The van der Waals surface area contributed by atoms with Gasteiger partial charge in [-0.3, -0.25) is 4.68 Å². The monoisotopic (exact) mass is 387 g/mol. The summed E-state index contributed by atoms with van der Waals surface area (Å²) in [5.74, 6) is 0.905. The molecule has 0 radical (unpaired) electrons. The van der Waals surface area contributed by atoms with Crippen molar-refractivity contribution >= 4 is 39.3 Å². The SMILES string of the molecule is CCCNC(CSc1ccccc1Cl)c1c(Br)cnn1C. The zero-order chi connectivity index (χ0) is 15.2.